The Morgan fingerprint density at radius 1 is 1.45 bits per heavy atom. The van der Waals surface area contributed by atoms with Gasteiger partial charge in [-0.2, -0.15) is 0 Å². The highest BCUT2D eigenvalue weighted by Gasteiger charge is 2.29. The normalized spacial score (nSPS) is 18.0. The first-order valence-corrected chi connectivity index (χ1v) is 7.50. The summed E-state index contributed by atoms with van der Waals surface area (Å²) in [4.78, 5) is 25.6. The van der Waals surface area contributed by atoms with Gasteiger partial charge in [-0.15, -0.1) is 0 Å². The Labute approximate surface area is 129 Å². The lowest BCUT2D eigenvalue weighted by molar-refractivity contribution is -0.121. The summed E-state index contributed by atoms with van der Waals surface area (Å²) in [6.45, 7) is 4.66. The molecular formula is C16H21FN2O3. The number of hydrogen-bond donors (Lipinski definition) is 1. The first kappa shape index (κ1) is 16.3. The quantitative estimate of drug-likeness (QED) is 0.934. The fourth-order valence-corrected chi connectivity index (χ4v) is 2.49. The first-order chi connectivity index (χ1) is 10.5. The van der Waals surface area contributed by atoms with E-state index in [1.807, 2.05) is 0 Å². The molecule has 1 aliphatic heterocycles. The maximum atomic E-state index is 13.5. The zero-order valence-corrected chi connectivity index (χ0v) is 12.9. The summed E-state index contributed by atoms with van der Waals surface area (Å²) < 4.78 is 18.5. The van der Waals surface area contributed by atoms with Crippen LogP contribution in [0.5, 0.6) is 0 Å². The summed E-state index contributed by atoms with van der Waals surface area (Å²) >= 11 is 0. The van der Waals surface area contributed by atoms with E-state index in [0.717, 1.165) is 6.42 Å². The van der Waals surface area contributed by atoms with Crippen molar-refractivity contribution in [3.8, 4) is 0 Å². The van der Waals surface area contributed by atoms with Crippen LogP contribution in [0.1, 0.15) is 25.3 Å². The van der Waals surface area contributed by atoms with Crippen molar-refractivity contribution < 1.29 is 18.7 Å². The molecule has 0 radical (unpaired) electrons. The van der Waals surface area contributed by atoms with E-state index < -0.39 is 0 Å². The minimum absolute atomic E-state index is 0.197. The van der Waals surface area contributed by atoms with Crippen LogP contribution in [0.25, 0.3) is 0 Å². The number of nitrogens with zero attached hydrogens (tertiary/aromatic N) is 1. The lowest BCUT2D eigenvalue weighted by atomic mass is 9.97. The highest BCUT2D eigenvalue weighted by molar-refractivity contribution is 5.93. The van der Waals surface area contributed by atoms with Crippen LogP contribution >= 0.6 is 0 Å². The summed E-state index contributed by atoms with van der Waals surface area (Å²) in [5.74, 6) is -0.852. The minimum atomic E-state index is -0.388. The molecule has 1 fully saturated rings. The number of likely N-dealkylation sites (tertiary alicyclic amines) is 1. The number of halogens is 1. The average Bonchev–Trinajstić information content (AvgIpc) is 2.51. The second-order valence-electron chi connectivity index (χ2n) is 5.44. The van der Waals surface area contributed by atoms with Gasteiger partial charge in [0.25, 0.3) is 0 Å². The molecule has 1 aromatic rings. The van der Waals surface area contributed by atoms with Gasteiger partial charge in [-0.3, -0.25) is 4.79 Å². The number of carbonyl (C=O) groups is 2. The van der Waals surface area contributed by atoms with E-state index >= 15 is 0 Å². The van der Waals surface area contributed by atoms with E-state index in [0.29, 0.717) is 37.4 Å². The monoisotopic (exact) mass is 308 g/mol. The summed E-state index contributed by atoms with van der Waals surface area (Å²) in [6, 6.07) is 4.60. The van der Waals surface area contributed by atoms with E-state index in [2.05, 4.69) is 5.32 Å². The van der Waals surface area contributed by atoms with Crippen LogP contribution in [-0.2, 0) is 9.53 Å². The van der Waals surface area contributed by atoms with Crippen molar-refractivity contribution in [3.63, 3.8) is 0 Å². The number of anilines is 1. The summed E-state index contributed by atoms with van der Waals surface area (Å²) in [6.07, 6.45) is 1.07. The molecule has 0 aromatic heterocycles. The Morgan fingerprint density at radius 3 is 2.91 bits per heavy atom. The number of amides is 2. The minimum Gasteiger partial charge on any atom is -0.450 e. The number of carbonyl (C=O) groups excluding carboxylic acids is 2. The Balaban J connectivity index is 1.96. The number of nitrogens with one attached hydrogen (secondary N) is 1. The van der Waals surface area contributed by atoms with Gasteiger partial charge in [0.2, 0.25) is 5.91 Å². The van der Waals surface area contributed by atoms with Gasteiger partial charge in [0.1, 0.15) is 5.82 Å². The van der Waals surface area contributed by atoms with Crippen LogP contribution in [0.4, 0.5) is 14.9 Å². The van der Waals surface area contributed by atoms with Gasteiger partial charge in [-0.25, -0.2) is 9.18 Å². The van der Waals surface area contributed by atoms with Crippen LogP contribution in [-0.4, -0.2) is 36.6 Å². The van der Waals surface area contributed by atoms with Gasteiger partial charge in [0.05, 0.1) is 12.5 Å². The molecule has 1 atom stereocenters. The lowest BCUT2D eigenvalue weighted by Crippen LogP contribution is -2.44. The van der Waals surface area contributed by atoms with Crippen LogP contribution in [0.3, 0.4) is 0 Å². The van der Waals surface area contributed by atoms with Crippen molar-refractivity contribution in [2.45, 2.75) is 26.7 Å². The van der Waals surface area contributed by atoms with E-state index in [4.69, 9.17) is 4.74 Å². The molecule has 1 aromatic carbocycles. The third kappa shape index (κ3) is 3.96. The Kier molecular flexibility index (Phi) is 5.35. The molecule has 2 amide bonds. The summed E-state index contributed by atoms with van der Waals surface area (Å²) in [5.41, 5.74) is 0.963. The molecule has 0 aliphatic carbocycles. The molecule has 1 aliphatic rings. The van der Waals surface area contributed by atoms with Gasteiger partial charge < -0.3 is 15.0 Å². The molecule has 1 N–H and O–H groups in total. The molecule has 0 saturated carbocycles. The van der Waals surface area contributed by atoms with Gasteiger partial charge >= 0.3 is 6.09 Å². The second kappa shape index (κ2) is 7.24. The largest absolute Gasteiger partial charge is 0.450 e. The second-order valence-corrected chi connectivity index (χ2v) is 5.44. The predicted molar refractivity (Wildman–Crippen MR) is 81.1 cm³/mol. The van der Waals surface area contributed by atoms with E-state index in [1.54, 1.807) is 30.9 Å². The van der Waals surface area contributed by atoms with E-state index in [-0.39, 0.29) is 23.7 Å². The molecule has 1 unspecified atom stereocenters. The van der Waals surface area contributed by atoms with Crippen molar-refractivity contribution in [3.05, 3.63) is 29.6 Å². The smallest absolute Gasteiger partial charge is 0.409 e. The molecule has 6 heteroatoms. The summed E-state index contributed by atoms with van der Waals surface area (Å²) in [5, 5.41) is 2.71. The molecule has 5 nitrogen and oxygen atoms in total. The average molecular weight is 308 g/mol. The predicted octanol–water partition coefficient (Wildman–Crippen LogP) is 2.94. The molecule has 1 heterocycles. The number of rotatable bonds is 3. The third-order valence-electron chi connectivity index (χ3n) is 3.76. The third-order valence-corrected chi connectivity index (χ3v) is 3.76. The van der Waals surface area contributed by atoms with Crippen molar-refractivity contribution in [2.75, 3.05) is 25.0 Å². The SMILES string of the molecule is CCOC(=O)N1CCCC(C(=O)Nc2ccc(C)c(F)c2)C1. The Hall–Kier alpha value is -2.11. The first-order valence-electron chi connectivity index (χ1n) is 7.50. The lowest BCUT2D eigenvalue weighted by Gasteiger charge is -2.31. The number of hydrogen-bond acceptors (Lipinski definition) is 3. The molecule has 0 spiro atoms. The van der Waals surface area contributed by atoms with Crippen LogP contribution in [0.2, 0.25) is 0 Å². The van der Waals surface area contributed by atoms with Crippen molar-refractivity contribution >= 4 is 17.7 Å². The van der Waals surface area contributed by atoms with Crippen LogP contribution in [0, 0.1) is 18.7 Å². The van der Waals surface area contributed by atoms with Gasteiger partial charge in [-0.1, -0.05) is 6.07 Å². The number of benzene rings is 1. The van der Waals surface area contributed by atoms with Crippen molar-refractivity contribution in [2.24, 2.45) is 5.92 Å². The number of piperidine rings is 1. The van der Waals surface area contributed by atoms with E-state index in [1.165, 1.54) is 6.07 Å². The maximum Gasteiger partial charge on any atom is 0.409 e. The Morgan fingerprint density at radius 2 is 2.23 bits per heavy atom. The van der Waals surface area contributed by atoms with Gasteiger partial charge in [0.15, 0.2) is 0 Å². The molecule has 22 heavy (non-hydrogen) atoms. The number of ether oxygens (including phenoxy) is 1. The molecule has 2 rings (SSSR count). The van der Waals surface area contributed by atoms with Crippen LogP contribution < -0.4 is 5.32 Å². The Bertz CT molecular complexity index is 562. The maximum absolute atomic E-state index is 13.5. The standard InChI is InChI=1S/C16H21FN2O3/c1-3-22-16(21)19-8-4-5-12(10-19)15(20)18-13-7-6-11(2)14(17)9-13/h6-7,9,12H,3-5,8,10H2,1-2H3,(H,18,20). The molecule has 0 bridgehead atoms. The fraction of sp³-hybridized carbons (Fsp3) is 0.500. The fourth-order valence-electron chi connectivity index (χ4n) is 2.49. The van der Waals surface area contributed by atoms with E-state index in [9.17, 15) is 14.0 Å². The topological polar surface area (TPSA) is 58.6 Å². The zero-order chi connectivity index (χ0) is 16.1. The molecule has 120 valence electrons. The van der Waals surface area contributed by atoms with Gasteiger partial charge in [-0.05, 0) is 44.4 Å². The molecular weight excluding hydrogens is 287 g/mol. The zero-order valence-electron chi connectivity index (χ0n) is 12.9. The van der Waals surface area contributed by atoms with Gasteiger partial charge in [0, 0.05) is 18.8 Å². The summed E-state index contributed by atoms with van der Waals surface area (Å²) in [7, 11) is 0. The number of aryl methyl sites for hydroxylation is 1. The van der Waals surface area contributed by atoms with Crippen LogP contribution in [0.15, 0.2) is 18.2 Å². The highest BCUT2D eigenvalue weighted by Crippen LogP contribution is 2.20. The molecule has 1 saturated heterocycles. The highest BCUT2D eigenvalue weighted by atomic mass is 19.1. The van der Waals surface area contributed by atoms with Crippen molar-refractivity contribution in [1.29, 1.82) is 0 Å². The van der Waals surface area contributed by atoms with Crippen molar-refractivity contribution in [1.82, 2.24) is 4.90 Å².